The first-order valence-corrected chi connectivity index (χ1v) is 19.7. The van der Waals surface area contributed by atoms with Crippen molar-refractivity contribution >= 4 is 70.4 Å². The molecule has 3 saturated heterocycles. The van der Waals surface area contributed by atoms with Crippen LogP contribution < -0.4 is 26.7 Å². The van der Waals surface area contributed by atoms with Crippen molar-refractivity contribution in [3.63, 3.8) is 0 Å². The summed E-state index contributed by atoms with van der Waals surface area (Å²) in [6, 6.07) is -5.01. The highest BCUT2D eigenvalue weighted by Crippen LogP contribution is 2.53. The van der Waals surface area contributed by atoms with Gasteiger partial charge in [-0.1, -0.05) is 57.0 Å². The second kappa shape index (κ2) is 16.1. The third-order valence-corrected chi connectivity index (χ3v) is 12.4. The van der Waals surface area contributed by atoms with Crippen molar-refractivity contribution in [2.75, 3.05) is 25.6 Å². The van der Waals surface area contributed by atoms with E-state index >= 15 is 0 Å². The Morgan fingerprint density at radius 3 is 2.29 bits per heavy atom. The zero-order valence-corrected chi connectivity index (χ0v) is 34.1. The van der Waals surface area contributed by atoms with Crippen LogP contribution in [0.2, 0.25) is 10.0 Å². The molecule has 9 unspecified atom stereocenters. The molecule has 1 saturated carbocycles. The fraction of sp³-hybridized carbons (Fsp3) is 0.649. The molecule has 0 radical (unpaired) electrons. The second-order valence-electron chi connectivity index (χ2n) is 16.9. The van der Waals surface area contributed by atoms with Crippen molar-refractivity contribution in [2.24, 2.45) is 10.8 Å². The number of cyclic esters (lactones) is 1. The van der Waals surface area contributed by atoms with Crippen LogP contribution in [0.25, 0.3) is 0 Å². The van der Waals surface area contributed by atoms with Gasteiger partial charge in [0.05, 0.1) is 34.9 Å². The Bertz CT molecular complexity index is 1890. The van der Waals surface area contributed by atoms with Gasteiger partial charge in [-0.2, -0.15) is 0 Å². The lowest BCUT2D eigenvalue weighted by molar-refractivity contribution is -0.176. The highest BCUT2D eigenvalue weighted by atomic mass is 35.5. The van der Waals surface area contributed by atoms with Gasteiger partial charge in [-0.05, 0) is 37.2 Å². The molecule has 5 aliphatic rings. The van der Waals surface area contributed by atoms with Gasteiger partial charge in [-0.15, -0.1) is 0 Å². The van der Waals surface area contributed by atoms with Crippen molar-refractivity contribution in [3.05, 3.63) is 27.7 Å². The number of nitrogens with one attached hydrogen (secondary N) is 5. The molecule has 19 nitrogen and oxygen atoms in total. The molecule has 6 rings (SSSR count). The minimum absolute atomic E-state index is 0.00936. The summed E-state index contributed by atoms with van der Waals surface area (Å²) in [7, 11) is 1.23. The molecule has 58 heavy (non-hydrogen) atoms. The van der Waals surface area contributed by atoms with Crippen LogP contribution in [0.5, 0.6) is 0 Å². The molecular formula is C37H49Cl2N7O12. The Labute approximate surface area is 343 Å². The average molecular weight is 855 g/mol. The summed E-state index contributed by atoms with van der Waals surface area (Å²) in [5, 5.41) is 45.0. The van der Waals surface area contributed by atoms with Gasteiger partial charge in [0, 0.05) is 31.1 Å². The van der Waals surface area contributed by atoms with Crippen molar-refractivity contribution < 1.29 is 58.4 Å². The number of carboxylic acids is 1. The number of aliphatic hydroxyl groups excluding tert-OH is 1. The molecule has 0 aromatic heterocycles. The minimum Gasteiger partial charge on any atom is -0.481 e. The van der Waals surface area contributed by atoms with E-state index < -0.39 is 126 Å². The van der Waals surface area contributed by atoms with Crippen LogP contribution in [0.1, 0.15) is 71.8 Å². The zero-order chi connectivity index (χ0) is 42.6. The summed E-state index contributed by atoms with van der Waals surface area (Å²) in [6.45, 7) is 6.55. The maximum Gasteiger partial charge on any atom is 0.330 e. The number of anilines is 1. The number of hydrogen-bond donors (Lipinski definition) is 8. The van der Waals surface area contributed by atoms with Gasteiger partial charge in [-0.25, -0.2) is 10.2 Å². The van der Waals surface area contributed by atoms with Crippen molar-refractivity contribution in [3.8, 4) is 0 Å². The van der Waals surface area contributed by atoms with Crippen molar-refractivity contribution in [1.82, 2.24) is 31.3 Å². The molecule has 0 spiro atoms. The molecule has 1 aromatic rings. The summed E-state index contributed by atoms with van der Waals surface area (Å²) in [5.74, 6) is -7.29. The molecule has 21 heteroatoms. The molecule has 4 fully saturated rings. The number of hydrogen-bond acceptors (Lipinski definition) is 13. The molecule has 1 aromatic carbocycles. The van der Waals surface area contributed by atoms with E-state index in [-0.39, 0.29) is 34.3 Å². The number of rotatable bonds is 6. The molecule has 4 aliphatic heterocycles. The monoisotopic (exact) mass is 853 g/mol. The number of carbonyl (C=O) groups excluding carboxylic acids is 6. The predicted molar refractivity (Wildman–Crippen MR) is 203 cm³/mol. The standard InChI is InChI=1S/C37H49Cl2N7O12/c1-35(2,3)27-32(54)46-19(7-6-12-40-46)29(51)41-18(15-57-5)28(50)42-25(21(47)13-22(48)49)31(53)45-20(30(52)44-26(33(55)58-27)36(4)10-11-36)14-37(56)16-8-9-17(38)23(39)24(16)43-34(37)45/h8-9,18-21,25-27,34,40,43,47,56H,6-7,10-15H2,1-5H3,(H,41,51)(H,42,50)(H,44,52)(H,48,49). The van der Waals surface area contributed by atoms with Gasteiger partial charge in [-0.3, -0.25) is 33.8 Å². The number of nitrogens with zero attached hydrogens (tertiary/aromatic N) is 2. The van der Waals surface area contributed by atoms with Crippen LogP contribution in [0.3, 0.4) is 0 Å². The van der Waals surface area contributed by atoms with Gasteiger partial charge < -0.3 is 51.0 Å². The number of aliphatic hydroxyl groups is 2. The number of aliphatic carboxylic acids is 1. The number of carbonyl (C=O) groups is 7. The number of methoxy groups -OCH3 is 1. The van der Waals surface area contributed by atoms with Gasteiger partial charge in [0.2, 0.25) is 23.6 Å². The van der Waals surface area contributed by atoms with Crippen LogP contribution in [-0.4, -0.2) is 136 Å². The highest BCUT2D eigenvalue weighted by molar-refractivity contribution is 6.44. The molecular weight excluding hydrogens is 805 g/mol. The van der Waals surface area contributed by atoms with E-state index in [1.54, 1.807) is 27.7 Å². The minimum atomic E-state index is -2.12. The molecule has 9 atom stereocenters. The van der Waals surface area contributed by atoms with E-state index in [4.69, 9.17) is 32.7 Å². The Hall–Kier alpha value is -4.27. The number of ether oxygens (including phenoxy) is 2. The smallest absolute Gasteiger partial charge is 0.330 e. The van der Waals surface area contributed by atoms with Gasteiger partial charge in [0.1, 0.15) is 42.0 Å². The average Bonchev–Trinajstić information content (AvgIpc) is 3.73. The molecule has 4 heterocycles. The van der Waals surface area contributed by atoms with E-state index in [0.717, 1.165) is 9.91 Å². The Morgan fingerprint density at radius 1 is 1.00 bits per heavy atom. The Morgan fingerprint density at radius 2 is 1.67 bits per heavy atom. The van der Waals surface area contributed by atoms with E-state index in [1.165, 1.54) is 19.2 Å². The number of hydrazine groups is 1. The Balaban J connectivity index is 1.49. The number of esters is 1. The Kier molecular flexibility index (Phi) is 12.0. The van der Waals surface area contributed by atoms with Crippen molar-refractivity contribution in [1.29, 1.82) is 0 Å². The van der Waals surface area contributed by atoms with E-state index in [2.05, 4.69) is 26.7 Å². The highest BCUT2D eigenvalue weighted by Gasteiger charge is 2.63. The third kappa shape index (κ3) is 8.03. The summed E-state index contributed by atoms with van der Waals surface area (Å²) < 4.78 is 11.2. The maximum atomic E-state index is 14.9. The first-order valence-electron chi connectivity index (χ1n) is 19.0. The molecule has 8 N–H and O–H groups in total. The number of benzene rings is 1. The molecule has 1 aliphatic carbocycles. The lowest BCUT2D eigenvalue weighted by Gasteiger charge is -2.41. The van der Waals surface area contributed by atoms with Crippen molar-refractivity contribution in [2.45, 2.75) is 120 Å². The largest absolute Gasteiger partial charge is 0.481 e. The van der Waals surface area contributed by atoms with Crippen LogP contribution in [0.4, 0.5) is 5.69 Å². The molecule has 0 bridgehead atoms. The number of fused-ring (bicyclic) bond motifs is 6. The van der Waals surface area contributed by atoms with Gasteiger partial charge in [0.15, 0.2) is 6.10 Å². The van der Waals surface area contributed by atoms with Crippen LogP contribution in [-0.2, 0) is 48.6 Å². The maximum absolute atomic E-state index is 14.9. The number of carboxylic acid groups (broad SMARTS) is 1. The number of amides is 5. The zero-order valence-electron chi connectivity index (χ0n) is 32.6. The first-order chi connectivity index (χ1) is 27.1. The predicted octanol–water partition coefficient (Wildman–Crippen LogP) is -0.263. The van der Waals surface area contributed by atoms with Gasteiger partial charge in [0.25, 0.3) is 5.91 Å². The van der Waals surface area contributed by atoms with E-state index in [1.807, 2.05) is 0 Å². The van der Waals surface area contributed by atoms with Crippen LogP contribution >= 0.6 is 23.2 Å². The molecule has 5 amide bonds. The summed E-state index contributed by atoms with van der Waals surface area (Å²) >= 11 is 12.8. The van der Waals surface area contributed by atoms with Crippen LogP contribution in [0, 0.1) is 10.8 Å². The van der Waals surface area contributed by atoms with E-state index in [9.17, 15) is 48.9 Å². The lowest BCUT2D eigenvalue weighted by atomic mass is 9.87. The van der Waals surface area contributed by atoms with Crippen LogP contribution in [0.15, 0.2) is 12.1 Å². The third-order valence-electron chi connectivity index (χ3n) is 11.6. The fourth-order valence-electron chi connectivity index (χ4n) is 8.07. The first kappa shape index (κ1) is 43.3. The normalized spacial score (nSPS) is 32.2. The van der Waals surface area contributed by atoms with Gasteiger partial charge >= 0.3 is 11.9 Å². The topological polar surface area (TPSA) is 265 Å². The fourth-order valence-corrected chi connectivity index (χ4v) is 8.44. The second-order valence-corrected chi connectivity index (χ2v) is 17.7. The lowest BCUT2D eigenvalue weighted by Crippen LogP contribution is -2.66. The quantitative estimate of drug-likeness (QED) is 0.172. The summed E-state index contributed by atoms with van der Waals surface area (Å²) in [5.41, 5.74) is -0.720. The number of halogens is 2. The summed E-state index contributed by atoms with van der Waals surface area (Å²) in [4.78, 5) is 98.9. The van der Waals surface area contributed by atoms with E-state index in [0.29, 0.717) is 19.3 Å². The SMILES string of the molecule is COCC1NC(=O)C2CCCNN2C(=O)C(C(C)(C)C)OC(=O)C(C2(C)CC2)NC(=O)C2CC3(O)c4ccc(Cl)c(Cl)c4NC3N2C(=O)C(C(O)CC(=O)O)NC1=O. The molecule has 318 valence electrons. The summed E-state index contributed by atoms with van der Waals surface area (Å²) in [6.07, 6.45) is -5.13.